The van der Waals surface area contributed by atoms with Gasteiger partial charge in [0.05, 0.1) is 0 Å². The number of imide groups is 1. The van der Waals surface area contributed by atoms with Crippen molar-refractivity contribution in [1.29, 1.82) is 0 Å². The number of esters is 1. The molecule has 1 spiro atoms. The van der Waals surface area contributed by atoms with E-state index in [4.69, 9.17) is 4.74 Å². The van der Waals surface area contributed by atoms with Gasteiger partial charge >= 0.3 is 12.0 Å². The Labute approximate surface area is 173 Å². The van der Waals surface area contributed by atoms with Gasteiger partial charge in [-0.05, 0) is 32.1 Å². The SMILES string of the molecule is CCCCCC[C@H](C)NC(=O)COC(=O)CN1C(=O)N[C@@]2(CCCC[C@@H]2C)C1=O. The summed E-state index contributed by atoms with van der Waals surface area (Å²) in [6.45, 7) is 5.13. The fourth-order valence-corrected chi connectivity index (χ4v) is 4.23. The van der Waals surface area contributed by atoms with Crippen LogP contribution >= 0.6 is 0 Å². The molecule has 1 heterocycles. The van der Waals surface area contributed by atoms with Crippen molar-refractivity contribution in [1.82, 2.24) is 15.5 Å². The van der Waals surface area contributed by atoms with Gasteiger partial charge in [-0.25, -0.2) is 4.79 Å². The lowest BCUT2D eigenvalue weighted by Crippen LogP contribution is -2.54. The Morgan fingerprint density at radius 3 is 2.72 bits per heavy atom. The van der Waals surface area contributed by atoms with E-state index >= 15 is 0 Å². The number of carbonyl (C=O) groups excluding carboxylic acids is 4. The molecular weight excluding hydrogens is 374 g/mol. The minimum atomic E-state index is -0.903. The Balaban J connectivity index is 1.75. The van der Waals surface area contributed by atoms with Crippen molar-refractivity contribution in [3.8, 4) is 0 Å². The summed E-state index contributed by atoms with van der Waals surface area (Å²) in [4.78, 5) is 50.1. The second-order valence-corrected chi connectivity index (χ2v) is 8.42. The lowest BCUT2D eigenvalue weighted by atomic mass is 9.73. The fraction of sp³-hybridized carbons (Fsp3) is 0.810. The van der Waals surface area contributed by atoms with Crippen LogP contribution in [-0.2, 0) is 19.1 Å². The number of ether oxygens (including phenoxy) is 1. The minimum absolute atomic E-state index is 0.0108. The summed E-state index contributed by atoms with van der Waals surface area (Å²) in [6, 6.07) is -0.553. The van der Waals surface area contributed by atoms with E-state index in [2.05, 4.69) is 17.6 Å². The first kappa shape index (κ1) is 23.2. The van der Waals surface area contributed by atoms with Gasteiger partial charge in [0.15, 0.2) is 6.61 Å². The van der Waals surface area contributed by atoms with E-state index in [0.717, 1.165) is 49.8 Å². The normalized spacial score (nSPS) is 25.1. The van der Waals surface area contributed by atoms with E-state index in [1.54, 1.807) is 0 Å². The maximum absolute atomic E-state index is 12.8. The minimum Gasteiger partial charge on any atom is -0.454 e. The number of amides is 4. The molecule has 0 aromatic carbocycles. The molecule has 2 aliphatic rings. The van der Waals surface area contributed by atoms with Crippen LogP contribution in [0.5, 0.6) is 0 Å². The summed E-state index contributed by atoms with van der Waals surface area (Å²) in [5.41, 5.74) is -0.903. The average Bonchev–Trinajstić information content (AvgIpc) is 2.91. The Bertz CT molecular complexity index is 623. The van der Waals surface area contributed by atoms with Crippen molar-refractivity contribution in [3.05, 3.63) is 0 Å². The van der Waals surface area contributed by atoms with Gasteiger partial charge in [-0.3, -0.25) is 19.3 Å². The molecule has 0 aromatic rings. The molecule has 8 heteroatoms. The number of nitrogens with zero attached hydrogens (tertiary/aromatic N) is 1. The van der Waals surface area contributed by atoms with E-state index in [-0.39, 0.29) is 23.8 Å². The van der Waals surface area contributed by atoms with Crippen molar-refractivity contribution in [2.24, 2.45) is 5.92 Å². The van der Waals surface area contributed by atoms with E-state index in [9.17, 15) is 19.2 Å². The Morgan fingerprint density at radius 2 is 2.03 bits per heavy atom. The molecule has 0 aromatic heterocycles. The molecular formula is C21H35N3O5. The van der Waals surface area contributed by atoms with Gasteiger partial charge in [-0.15, -0.1) is 0 Å². The second-order valence-electron chi connectivity index (χ2n) is 8.42. The summed E-state index contributed by atoms with van der Waals surface area (Å²) in [5, 5.41) is 5.59. The lowest BCUT2D eigenvalue weighted by Gasteiger charge is -2.36. The van der Waals surface area contributed by atoms with Crippen LogP contribution in [0.4, 0.5) is 4.79 Å². The van der Waals surface area contributed by atoms with E-state index < -0.39 is 30.7 Å². The summed E-state index contributed by atoms with van der Waals surface area (Å²) in [7, 11) is 0. The molecule has 0 bridgehead atoms. The first-order valence-corrected chi connectivity index (χ1v) is 10.9. The third-order valence-corrected chi connectivity index (χ3v) is 6.05. The van der Waals surface area contributed by atoms with E-state index in [0.29, 0.717) is 6.42 Å². The van der Waals surface area contributed by atoms with E-state index in [1.165, 1.54) is 6.42 Å². The molecule has 2 rings (SSSR count). The van der Waals surface area contributed by atoms with Crippen molar-refractivity contribution in [2.75, 3.05) is 13.2 Å². The zero-order valence-electron chi connectivity index (χ0n) is 17.9. The second kappa shape index (κ2) is 10.6. The third-order valence-electron chi connectivity index (χ3n) is 6.05. The molecule has 0 radical (unpaired) electrons. The summed E-state index contributed by atoms with van der Waals surface area (Å²) in [6.07, 6.45) is 8.74. The quantitative estimate of drug-likeness (QED) is 0.328. The molecule has 164 valence electrons. The Hall–Kier alpha value is -2.12. The van der Waals surface area contributed by atoms with Crippen LogP contribution in [0.1, 0.15) is 78.6 Å². The molecule has 4 amide bonds. The first-order chi connectivity index (χ1) is 13.8. The third kappa shape index (κ3) is 5.93. The molecule has 3 atom stereocenters. The maximum atomic E-state index is 12.8. The van der Waals surface area contributed by atoms with Gasteiger partial charge < -0.3 is 15.4 Å². The van der Waals surface area contributed by atoms with Crippen LogP contribution in [-0.4, -0.2) is 53.4 Å². The van der Waals surface area contributed by atoms with Gasteiger partial charge in [0.2, 0.25) is 0 Å². The van der Waals surface area contributed by atoms with Gasteiger partial charge in [-0.1, -0.05) is 52.4 Å². The zero-order valence-corrected chi connectivity index (χ0v) is 17.9. The molecule has 2 fully saturated rings. The summed E-state index contributed by atoms with van der Waals surface area (Å²) >= 11 is 0. The number of hydrogen-bond acceptors (Lipinski definition) is 5. The Kier molecular flexibility index (Phi) is 8.46. The standard InChI is InChI=1S/C21H35N3O5/c1-4-5-6-7-11-16(3)22-17(25)14-29-18(26)13-24-19(27)21(23-20(24)28)12-9-8-10-15(21)2/h15-16H,4-14H2,1-3H3,(H,22,25)(H,23,28)/t15-,16-,21+/m0/s1. The molecule has 1 saturated carbocycles. The summed E-state index contributed by atoms with van der Waals surface area (Å²) < 4.78 is 4.98. The zero-order chi connectivity index (χ0) is 21.4. The molecule has 2 N–H and O–H groups in total. The largest absolute Gasteiger partial charge is 0.454 e. The van der Waals surface area contributed by atoms with E-state index in [1.807, 2.05) is 13.8 Å². The number of hydrogen-bond donors (Lipinski definition) is 2. The average molecular weight is 410 g/mol. The number of carbonyl (C=O) groups is 4. The number of rotatable bonds is 10. The highest BCUT2D eigenvalue weighted by molar-refractivity contribution is 6.09. The van der Waals surface area contributed by atoms with Crippen LogP contribution in [0.15, 0.2) is 0 Å². The van der Waals surface area contributed by atoms with Gasteiger partial charge in [-0.2, -0.15) is 0 Å². The number of nitrogens with one attached hydrogen (secondary N) is 2. The molecule has 1 aliphatic carbocycles. The van der Waals surface area contributed by atoms with Crippen molar-refractivity contribution < 1.29 is 23.9 Å². The van der Waals surface area contributed by atoms with Crippen LogP contribution in [0.25, 0.3) is 0 Å². The highest BCUT2D eigenvalue weighted by Gasteiger charge is 2.55. The lowest BCUT2D eigenvalue weighted by molar-refractivity contribution is -0.151. The monoisotopic (exact) mass is 409 g/mol. The predicted molar refractivity (Wildman–Crippen MR) is 108 cm³/mol. The number of unbranched alkanes of at least 4 members (excludes halogenated alkanes) is 3. The molecule has 1 aliphatic heterocycles. The van der Waals surface area contributed by atoms with Crippen LogP contribution < -0.4 is 10.6 Å². The highest BCUT2D eigenvalue weighted by Crippen LogP contribution is 2.38. The van der Waals surface area contributed by atoms with Crippen LogP contribution in [0.2, 0.25) is 0 Å². The summed E-state index contributed by atoms with van der Waals surface area (Å²) in [5.74, 6) is -1.48. The first-order valence-electron chi connectivity index (χ1n) is 10.9. The van der Waals surface area contributed by atoms with Crippen molar-refractivity contribution in [2.45, 2.75) is 90.1 Å². The number of urea groups is 1. The molecule has 8 nitrogen and oxygen atoms in total. The van der Waals surface area contributed by atoms with Gasteiger partial charge in [0.25, 0.3) is 11.8 Å². The topological polar surface area (TPSA) is 105 Å². The van der Waals surface area contributed by atoms with Gasteiger partial charge in [0, 0.05) is 6.04 Å². The molecule has 1 saturated heterocycles. The molecule has 29 heavy (non-hydrogen) atoms. The van der Waals surface area contributed by atoms with Gasteiger partial charge in [0.1, 0.15) is 12.1 Å². The van der Waals surface area contributed by atoms with Crippen LogP contribution in [0, 0.1) is 5.92 Å². The van der Waals surface area contributed by atoms with Crippen LogP contribution in [0.3, 0.4) is 0 Å². The van der Waals surface area contributed by atoms with Crippen molar-refractivity contribution in [3.63, 3.8) is 0 Å². The Morgan fingerprint density at radius 1 is 1.28 bits per heavy atom. The highest BCUT2D eigenvalue weighted by atomic mass is 16.5. The predicted octanol–water partition coefficient (Wildman–Crippen LogP) is 2.51. The fourth-order valence-electron chi connectivity index (χ4n) is 4.23. The molecule has 0 unspecified atom stereocenters. The van der Waals surface area contributed by atoms with Crippen molar-refractivity contribution >= 4 is 23.8 Å². The smallest absolute Gasteiger partial charge is 0.326 e. The maximum Gasteiger partial charge on any atom is 0.326 e.